The number of carbonyl (C=O) groups excluding carboxylic acids is 1. The van der Waals surface area contributed by atoms with Crippen LogP contribution in [-0.4, -0.2) is 10.8 Å². The smallest absolute Gasteiger partial charge is 0.167 e. The van der Waals surface area contributed by atoms with Crippen molar-refractivity contribution in [2.24, 2.45) is 0 Å². The number of fused-ring (bicyclic) bond motifs is 1. The van der Waals surface area contributed by atoms with Crippen LogP contribution in [0.2, 0.25) is 5.02 Å². The van der Waals surface area contributed by atoms with Gasteiger partial charge in [-0.25, -0.2) is 4.98 Å². The van der Waals surface area contributed by atoms with E-state index in [0.29, 0.717) is 5.02 Å². The van der Waals surface area contributed by atoms with E-state index in [1.165, 1.54) is 0 Å². The van der Waals surface area contributed by atoms with Crippen LogP contribution in [0.25, 0.3) is 20.8 Å². The molecule has 1 heterocycles. The highest BCUT2D eigenvalue weighted by Gasteiger charge is 2.13. The maximum Gasteiger partial charge on any atom is 0.167 e. The number of carbonyl (C=O) groups is 1. The van der Waals surface area contributed by atoms with Crippen molar-refractivity contribution in [1.29, 1.82) is 0 Å². The maximum atomic E-state index is 12.8. The molecule has 0 spiro atoms. The van der Waals surface area contributed by atoms with E-state index in [4.69, 9.17) is 16.6 Å². The zero-order chi connectivity index (χ0) is 19.0. The van der Waals surface area contributed by atoms with Crippen molar-refractivity contribution in [3.05, 3.63) is 87.9 Å². The lowest BCUT2D eigenvalue weighted by atomic mass is 9.98. The van der Waals surface area contributed by atoms with Crippen molar-refractivity contribution in [2.75, 3.05) is 0 Å². The third kappa shape index (κ3) is 3.80. The Labute approximate surface area is 167 Å². The summed E-state index contributed by atoms with van der Waals surface area (Å²) in [5, 5.41) is 1.55. The van der Waals surface area contributed by atoms with Gasteiger partial charge in [-0.2, -0.15) is 0 Å². The van der Waals surface area contributed by atoms with Crippen LogP contribution in [0, 0.1) is 13.8 Å². The second-order valence-electron chi connectivity index (χ2n) is 6.77. The Morgan fingerprint density at radius 3 is 2.48 bits per heavy atom. The molecular weight excluding hydrogens is 374 g/mol. The summed E-state index contributed by atoms with van der Waals surface area (Å²) in [5.41, 5.74) is 5.72. The SMILES string of the molecule is Cc1cc(C)cc(C(=O)Cc2cc(-c3nc4ccccc4s3)ccc2Cl)c1. The highest BCUT2D eigenvalue weighted by Crippen LogP contribution is 2.32. The minimum absolute atomic E-state index is 0.0742. The minimum atomic E-state index is 0.0742. The standard InChI is InChI=1S/C23H18ClNOS/c1-14-9-15(2)11-18(10-14)21(26)13-17-12-16(7-8-19(17)24)23-25-20-5-3-4-6-22(20)27-23/h3-12H,13H2,1-2H3. The number of halogens is 1. The van der Waals surface area contributed by atoms with E-state index >= 15 is 0 Å². The number of thiazole rings is 1. The molecule has 0 saturated carbocycles. The molecule has 2 nitrogen and oxygen atoms in total. The molecular formula is C23H18ClNOS. The Hall–Kier alpha value is -2.49. The molecule has 0 radical (unpaired) electrons. The summed E-state index contributed by atoms with van der Waals surface area (Å²) in [5.74, 6) is 0.0742. The van der Waals surface area contributed by atoms with E-state index in [-0.39, 0.29) is 12.2 Å². The highest BCUT2D eigenvalue weighted by atomic mass is 35.5. The Bertz CT molecular complexity index is 1110. The number of aryl methyl sites for hydroxylation is 2. The molecule has 0 bridgehead atoms. The van der Waals surface area contributed by atoms with Gasteiger partial charge in [0.15, 0.2) is 5.78 Å². The lowest BCUT2D eigenvalue weighted by Gasteiger charge is -2.08. The first-order valence-corrected chi connectivity index (χ1v) is 9.95. The molecule has 0 aliphatic rings. The number of hydrogen-bond acceptors (Lipinski definition) is 3. The van der Waals surface area contributed by atoms with Crippen molar-refractivity contribution >= 4 is 38.9 Å². The number of hydrogen-bond donors (Lipinski definition) is 0. The van der Waals surface area contributed by atoms with E-state index in [9.17, 15) is 4.79 Å². The normalized spacial score (nSPS) is 11.1. The molecule has 4 rings (SSSR count). The zero-order valence-electron chi connectivity index (χ0n) is 15.1. The Balaban J connectivity index is 1.67. The molecule has 1 aromatic heterocycles. The Morgan fingerprint density at radius 1 is 1.00 bits per heavy atom. The van der Waals surface area contributed by atoms with Gasteiger partial charge in [0.25, 0.3) is 0 Å². The second-order valence-corrected chi connectivity index (χ2v) is 8.21. The summed E-state index contributed by atoms with van der Waals surface area (Å²) >= 11 is 8.03. The minimum Gasteiger partial charge on any atom is -0.294 e. The first-order chi connectivity index (χ1) is 13.0. The van der Waals surface area contributed by atoms with Crippen LogP contribution in [0.4, 0.5) is 0 Å². The number of aromatic nitrogens is 1. The van der Waals surface area contributed by atoms with Gasteiger partial charge in [-0.1, -0.05) is 47.0 Å². The molecule has 0 N–H and O–H groups in total. The number of para-hydroxylation sites is 1. The van der Waals surface area contributed by atoms with Crippen molar-refractivity contribution < 1.29 is 4.79 Å². The molecule has 0 atom stereocenters. The second kappa shape index (κ2) is 7.26. The first kappa shape index (κ1) is 17.9. The average molecular weight is 392 g/mol. The molecule has 0 fully saturated rings. The summed E-state index contributed by atoms with van der Waals surface area (Å²) < 4.78 is 1.15. The highest BCUT2D eigenvalue weighted by molar-refractivity contribution is 7.21. The van der Waals surface area contributed by atoms with Gasteiger partial charge in [0.05, 0.1) is 10.2 Å². The van der Waals surface area contributed by atoms with Gasteiger partial charge < -0.3 is 0 Å². The largest absolute Gasteiger partial charge is 0.294 e. The summed E-state index contributed by atoms with van der Waals surface area (Å²) in [6.45, 7) is 4.01. The van der Waals surface area contributed by atoms with Gasteiger partial charge in [0.2, 0.25) is 0 Å². The van der Waals surface area contributed by atoms with Crippen molar-refractivity contribution in [1.82, 2.24) is 4.98 Å². The van der Waals surface area contributed by atoms with E-state index in [0.717, 1.165) is 43.0 Å². The number of ketones is 1. The third-order valence-electron chi connectivity index (χ3n) is 4.48. The summed E-state index contributed by atoms with van der Waals surface area (Å²) in [6.07, 6.45) is 0.278. The lowest BCUT2D eigenvalue weighted by molar-refractivity contribution is 0.0993. The molecule has 0 aliphatic heterocycles. The molecule has 4 heteroatoms. The third-order valence-corrected chi connectivity index (χ3v) is 5.94. The monoisotopic (exact) mass is 391 g/mol. The molecule has 0 aliphatic carbocycles. The van der Waals surface area contributed by atoms with E-state index in [1.807, 2.05) is 62.4 Å². The zero-order valence-corrected chi connectivity index (χ0v) is 16.7. The van der Waals surface area contributed by atoms with E-state index < -0.39 is 0 Å². The van der Waals surface area contributed by atoms with Crippen molar-refractivity contribution in [3.8, 4) is 10.6 Å². The van der Waals surface area contributed by atoms with Crippen LogP contribution >= 0.6 is 22.9 Å². The summed E-state index contributed by atoms with van der Waals surface area (Å²) in [6, 6.07) is 19.8. The van der Waals surface area contributed by atoms with Crippen molar-refractivity contribution in [3.63, 3.8) is 0 Å². The van der Waals surface area contributed by atoms with Gasteiger partial charge in [-0.15, -0.1) is 11.3 Å². The van der Waals surface area contributed by atoms with Crippen LogP contribution in [0.5, 0.6) is 0 Å². The van der Waals surface area contributed by atoms with Crippen LogP contribution in [0.1, 0.15) is 27.0 Å². The molecule has 0 unspecified atom stereocenters. The molecule has 4 aromatic rings. The van der Waals surface area contributed by atoms with Gasteiger partial charge in [-0.05, 0) is 55.8 Å². The fourth-order valence-electron chi connectivity index (χ4n) is 3.25. The molecule has 0 amide bonds. The van der Waals surface area contributed by atoms with E-state index in [1.54, 1.807) is 11.3 Å². The first-order valence-electron chi connectivity index (χ1n) is 8.75. The van der Waals surface area contributed by atoms with E-state index in [2.05, 4.69) is 12.1 Å². The predicted octanol–water partition coefficient (Wildman–Crippen LogP) is 6.66. The topological polar surface area (TPSA) is 30.0 Å². The van der Waals surface area contributed by atoms with Crippen LogP contribution in [0.15, 0.2) is 60.7 Å². The molecule has 0 saturated heterocycles. The number of benzene rings is 3. The summed E-state index contributed by atoms with van der Waals surface area (Å²) in [4.78, 5) is 17.5. The lowest BCUT2D eigenvalue weighted by Crippen LogP contribution is -2.05. The molecule has 134 valence electrons. The number of Topliss-reactive ketones (excluding diaryl/α,β-unsaturated/α-hetero) is 1. The molecule has 3 aromatic carbocycles. The van der Waals surface area contributed by atoms with Crippen molar-refractivity contribution in [2.45, 2.75) is 20.3 Å². The fraction of sp³-hybridized carbons (Fsp3) is 0.130. The van der Waals surface area contributed by atoms with Gasteiger partial charge >= 0.3 is 0 Å². The average Bonchev–Trinajstić information content (AvgIpc) is 3.07. The number of nitrogens with zero attached hydrogens (tertiary/aromatic N) is 1. The van der Waals surface area contributed by atoms with Crippen LogP contribution < -0.4 is 0 Å². The Kier molecular flexibility index (Phi) is 4.81. The Morgan fingerprint density at radius 2 is 1.74 bits per heavy atom. The van der Waals surface area contributed by atoms with Gasteiger partial charge in [0.1, 0.15) is 5.01 Å². The number of rotatable bonds is 4. The van der Waals surface area contributed by atoms with Gasteiger partial charge in [-0.3, -0.25) is 4.79 Å². The molecule has 27 heavy (non-hydrogen) atoms. The predicted molar refractivity (Wildman–Crippen MR) is 114 cm³/mol. The fourth-order valence-corrected chi connectivity index (χ4v) is 4.40. The van der Waals surface area contributed by atoms with Gasteiger partial charge in [0, 0.05) is 22.6 Å². The van der Waals surface area contributed by atoms with Crippen LogP contribution in [-0.2, 0) is 6.42 Å². The quantitative estimate of drug-likeness (QED) is 0.364. The summed E-state index contributed by atoms with van der Waals surface area (Å²) in [7, 11) is 0. The van der Waals surface area contributed by atoms with Crippen LogP contribution in [0.3, 0.4) is 0 Å². The maximum absolute atomic E-state index is 12.8.